The van der Waals surface area contributed by atoms with E-state index in [0.29, 0.717) is 6.92 Å². The second-order valence-corrected chi connectivity index (χ2v) is 4.47. The highest BCUT2D eigenvalue weighted by Gasteiger charge is 3.01. The minimum Gasteiger partial charge on any atom is -0.342 e. The molecule has 1 heterocycles. The van der Waals surface area contributed by atoms with Gasteiger partial charge in [-0.05, 0) is 6.92 Å². The highest BCUT2D eigenvalue weighted by atomic mass is 19.4. The first-order valence-corrected chi connectivity index (χ1v) is 5.56. The number of rotatable bonds is 3. The van der Waals surface area contributed by atoms with Gasteiger partial charge in [-0.3, -0.25) is 4.74 Å². The Kier molecular flexibility index (Phi) is 4.40. The van der Waals surface area contributed by atoms with E-state index in [-0.39, 0.29) is 0 Å². The number of alkyl halides is 13. The molecule has 1 unspecified atom stereocenters. The van der Waals surface area contributed by atoms with Crippen LogP contribution >= 0.6 is 0 Å². The van der Waals surface area contributed by atoms with Gasteiger partial charge in [-0.1, -0.05) is 0 Å². The normalized spacial score (nSPS) is 29.8. The summed E-state index contributed by atoms with van der Waals surface area (Å²) >= 11 is 0. The molecule has 0 radical (unpaired) electrons. The first-order chi connectivity index (χ1) is 10.3. The quantitative estimate of drug-likeness (QED) is 0.662. The summed E-state index contributed by atoms with van der Waals surface area (Å²) in [5, 5.41) is 0. The third kappa shape index (κ3) is 2.12. The molecule has 1 saturated heterocycles. The molecule has 2 nitrogen and oxygen atoms in total. The Balaban J connectivity index is 3.92. The van der Waals surface area contributed by atoms with Gasteiger partial charge in [0.25, 0.3) is 5.79 Å². The molecule has 1 aliphatic rings. The Morgan fingerprint density at radius 2 is 1.12 bits per heavy atom. The van der Waals surface area contributed by atoms with Crippen LogP contribution in [-0.4, -0.2) is 48.4 Å². The molecule has 1 aliphatic heterocycles. The predicted octanol–water partition coefficient (Wildman–Crippen LogP) is 4.45. The van der Waals surface area contributed by atoms with Crippen molar-refractivity contribution in [2.24, 2.45) is 0 Å². The fourth-order valence-corrected chi connectivity index (χ4v) is 1.94. The Labute approximate surface area is 123 Å². The van der Waals surface area contributed by atoms with Crippen LogP contribution < -0.4 is 0 Å². The van der Waals surface area contributed by atoms with Gasteiger partial charge in [0.1, 0.15) is 0 Å². The Hall–Kier alpha value is -0.990. The van der Waals surface area contributed by atoms with Crippen LogP contribution in [0, 0.1) is 0 Å². The molecule has 0 bridgehead atoms. The first kappa shape index (κ1) is 21.1. The fourth-order valence-electron chi connectivity index (χ4n) is 1.94. The predicted molar refractivity (Wildman–Crippen MR) is 46.2 cm³/mol. The molecule has 0 spiro atoms. The molecule has 0 N–H and O–H groups in total. The van der Waals surface area contributed by atoms with Crippen molar-refractivity contribution in [2.75, 3.05) is 6.61 Å². The molecule has 144 valence electrons. The Morgan fingerprint density at radius 3 is 1.33 bits per heavy atom. The molecule has 0 aliphatic carbocycles. The van der Waals surface area contributed by atoms with Crippen molar-refractivity contribution in [2.45, 2.75) is 48.7 Å². The summed E-state index contributed by atoms with van der Waals surface area (Å²) in [5.74, 6) is -20.4. The van der Waals surface area contributed by atoms with E-state index in [1.165, 1.54) is 0 Å². The lowest BCUT2D eigenvalue weighted by Crippen LogP contribution is -2.75. The van der Waals surface area contributed by atoms with Gasteiger partial charge in [-0.15, -0.1) is 0 Å². The summed E-state index contributed by atoms with van der Waals surface area (Å²) < 4.78 is 174. The number of halogens is 13. The van der Waals surface area contributed by atoms with Crippen LogP contribution in [0.1, 0.15) is 6.92 Å². The third-order valence-corrected chi connectivity index (χ3v) is 3.03. The lowest BCUT2D eigenvalue weighted by atomic mass is 9.86. The van der Waals surface area contributed by atoms with Gasteiger partial charge in [-0.25, -0.2) is 4.39 Å². The molecule has 0 aromatic carbocycles. The van der Waals surface area contributed by atoms with Crippen molar-refractivity contribution in [3.8, 4) is 0 Å². The maximum atomic E-state index is 13.9. The van der Waals surface area contributed by atoms with E-state index in [9.17, 15) is 57.1 Å². The fraction of sp³-hybridized carbons (Fsp3) is 1.00. The number of hydrogen-bond acceptors (Lipinski definition) is 2. The highest BCUT2D eigenvalue weighted by molar-refractivity contribution is 5.21. The van der Waals surface area contributed by atoms with Gasteiger partial charge in [0.2, 0.25) is 0 Å². The summed E-state index contributed by atoms with van der Waals surface area (Å²) in [6, 6.07) is 0. The topological polar surface area (TPSA) is 18.5 Å². The van der Waals surface area contributed by atoms with Crippen LogP contribution in [0.3, 0.4) is 0 Å². The van der Waals surface area contributed by atoms with Crippen LogP contribution in [0.15, 0.2) is 0 Å². The van der Waals surface area contributed by atoms with E-state index in [1.807, 2.05) is 0 Å². The molecular weight excluding hydrogens is 387 g/mol. The second kappa shape index (κ2) is 5.02. The van der Waals surface area contributed by atoms with E-state index in [1.54, 1.807) is 0 Å². The van der Waals surface area contributed by atoms with E-state index in [0.717, 1.165) is 0 Å². The van der Waals surface area contributed by atoms with Crippen LogP contribution in [-0.2, 0) is 9.47 Å². The third-order valence-electron chi connectivity index (χ3n) is 3.03. The van der Waals surface area contributed by atoms with Crippen LogP contribution in [0.5, 0.6) is 0 Å². The van der Waals surface area contributed by atoms with Crippen LogP contribution in [0.2, 0.25) is 0 Å². The molecule has 15 heteroatoms. The largest absolute Gasteiger partial charge is 0.437 e. The van der Waals surface area contributed by atoms with Crippen molar-refractivity contribution < 1.29 is 66.5 Å². The number of ether oxygens (including phenoxy) is 2. The van der Waals surface area contributed by atoms with E-state index in [4.69, 9.17) is 0 Å². The average Bonchev–Trinajstić information content (AvgIpc) is 2.42. The zero-order valence-electron chi connectivity index (χ0n) is 10.9. The van der Waals surface area contributed by atoms with Crippen molar-refractivity contribution in [1.82, 2.24) is 0 Å². The molecule has 0 amide bonds. The molecule has 1 fully saturated rings. The zero-order valence-corrected chi connectivity index (χ0v) is 10.9. The van der Waals surface area contributed by atoms with Gasteiger partial charge in [0, 0.05) is 6.61 Å². The molecule has 0 aromatic rings. The smallest absolute Gasteiger partial charge is 0.342 e. The maximum Gasteiger partial charge on any atom is 0.437 e. The van der Waals surface area contributed by atoms with Crippen LogP contribution in [0.4, 0.5) is 57.1 Å². The van der Waals surface area contributed by atoms with Crippen molar-refractivity contribution in [1.29, 1.82) is 0 Å². The van der Waals surface area contributed by atoms with E-state index >= 15 is 0 Å². The van der Waals surface area contributed by atoms with Gasteiger partial charge in [-0.2, -0.15) is 52.7 Å². The highest BCUT2D eigenvalue weighted by Crippen LogP contribution is 2.68. The molecule has 1 atom stereocenters. The van der Waals surface area contributed by atoms with E-state index in [2.05, 4.69) is 9.47 Å². The number of hydrogen-bond donors (Lipinski definition) is 0. The summed E-state index contributed by atoms with van der Waals surface area (Å²) in [6.07, 6.45) is -21.5. The SMILES string of the molecule is CCOC1(C(F)(C(F)(F)F)C(F)(F)F)OC(F)(F)C(F)(F)C1(F)F. The Bertz CT molecular complexity index is 479. The summed E-state index contributed by atoms with van der Waals surface area (Å²) in [5.41, 5.74) is -7.41. The van der Waals surface area contributed by atoms with Gasteiger partial charge in [0.15, 0.2) is 0 Å². The molecule has 0 aromatic heterocycles. The van der Waals surface area contributed by atoms with Crippen molar-refractivity contribution in [3.63, 3.8) is 0 Å². The molecular formula is C9H5F13O2. The Morgan fingerprint density at radius 1 is 0.750 bits per heavy atom. The van der Waals surface area contributed by atoms with Crippen molar-refractivity contribution in [3.05, 3.63) is 0 Å². The zero-order chi connectivity index (χ0) is 19.6. The summed E-state index contributed by atoms with van der Waals surface area (Å²) in [6.45, 7) is -1.37. The second-order valence-electron chi connectivity index (χ2n) is 4.47. The van der Waals surface area contributed by atoms with Crippen LogP contribution in [0.25, 0.3) is 0 Å². The van der Waals surface area contributed by atoms with Crippen molar-refractivity contribution >= 4 is 0 Å². The molecule has 0 saturated carbocycles. The van der Waals surface area contributed by atoms with Gasteiger partial charge < -0.3 is 4.74 Å². The first-order valence-electron chi connectivity index (χ1n) is 5.56. The van der Waals surface area contributed by atoms with Gasteiger partial charge in [0.05, 0.1) is 0 Å². The molecule has 1 rings (SSSR count). The minimum absolute atomic E-state index is 0.364. The van der Waals surface area contributed by atoms with Gasteiger partial charge >= 0.3 is 36.0 Å². The standard InChI is InChI=1S/C9H5F13O2/c1-2-23-6(3(10,7(15,16)17)8(18,19)20)4(11,12)5(13,14)9(21,22)24-6/h2H2,1H3. The maximum absolute atomic E-state index is 13.9. The lowest BCUT2D eigenvalue weighted by molar-refractivity contribution is -0.479. The monoisotopic (exact) mass is 392 g/mol. The summed E-state index contributed by atoms with van der Waals surface area (Å²) in [7, 11) is 0. The summed E-state index contributed by atoms with van der Waals surface area (Å²) in [4.78, 5) is 0. The van der Waals surface area contributed by atoms with E-state index < -0.39 is 48.4 Å². The molecule has 24 heavy (non-hydrogen) atoms. The average molecular weight is 392 g/mol. The lowest BCUT2D eigenvalue weighted by Gasteiger charge is -2.44. The minimum atomic E-state index is -7.43.